The Kier molecular flexibility index (Phi) is 2.44. The summed E-state index contributed by atoms with van der Waals surface area (Å²) < 4.78 is 0. The number of hydrogen-bond donors (Lipinski definition) is 1. The number of thioether (sulfide) groups is 1. The average Bonchev–Trinajstić information content (AvgIpc) is 2.76. The van der Waals surface area contributed by atoms with Crippen molar-refractivity contribution in [1.82, 2.24) is 15.4 Å². The standard InChI is InChI=1S/C12H14ClN3S/c1-5-8-10-11(7(3)15-16(10)4)17-12(8)14-6(2)9(5)13/h10,15H,1-4H3. The Morgan fingerprint density at radius 1 is 1.35 bits per heavy atom. The molecule has 1 unspecified atom stereocenters. The topological polar surface area (TPSA) is 28.2 Å². The zero-order valence-electron chi connectivity index (χ0n) is 10.3. The Labute approximate surface area is 110 Å². The number of halogens is 1. The van der Waals surface area contributed by atoms with Gasteiger partial charge in [0.15, 0.2) is 0 Å². The van der Waals surface area contributed by atoms with Gasteiger partial charge in [0.25, 0.3) is 0 Å². The number of fused-ring (bicyclic) bond motifs is 3. The summed E-state index contributed by atoms with van der Waals surface area (Å²) in [5.41, 5.74) is 7.89. The Morgan fingerprint density at radius 2 is 2.06 bits per heavy atom. The van der Waals surface area contributed by atoms with Crippen molar-refractivity contribution in [2.45, 2.75) is 31.8 Å². The zero-order valence-corrected chi connectivity index (χ0v) is 11.8. The lowest BCUT2D eigenvalue weighted by molar-refractivity contribution is 0.247. The highest BCUT2D eigenvalue weighted by atomic mass is 35.5. The number of aromatic nitrogens is 1. The summed E-state index contributed by atoms with van der Waals surface area (Å²) in [6.07, 6.45) is 0. The van der Waals surface area contributed by atoms with Gasteiger partial charge in [-0.25, -0.2) is 9.99 Å². The van der Waals surface area contributed by atoms with E-state index in [1.54, 1.807) is 11.8 Å². The van der Waals surface area contributed by atoms with Crippen molar-refractivity contribution < 1.29 is 0 Å². The smallest absolute Gasteiger partial charge is 0.106 e. The monoisotopic (exact) mass is 267 g/mol. The van der Waals surface area contributed by atoms with E-state index in [1.165, 1.54) is 16.2 Å². The molecule has 0 bridgehead atoms. The quantitative estimate of drug-likeness (QED) is 0.782. The van der Waals surface area contributed by atoms with Crippen molar-refractivity contribution in [3.8, 4) is 0 Å². The summed E-state index contributed by atoms with van der Waals surface area (Å²) in [5.74, 6) is 0. The molecule has 3 nitrogen and oxygen atoms in total. The van der Waals surface area contributed by atoms with Crippen molar-refractivity contribution >= 4 is 23.4 Å². The van der Waals surface area contributed by atoms with Crippen LogP contribution in [-0.2, 0) is 0 Å². The van der Waals surface area contributed by atoms with Gasteiger partial charge in [-0.3, -0.25) is 0 Å². The van der Waals surface area contributed by atoms with Crippen molar-refractivity contribution in [1.29, 1.82) is 0 Å². The van der Waals surface area contributed by atoms with Crippen LogP contribution in [-0.4, -0.2) is 17.0 Å². The van der Waals surface area contributed by atoms with Crippen LogP contribution in [0.3, 0.4) is 0 Å². The van der Waals surface area contributed by atoms with Crippen molar-refractivity contribution in [2.24, 2.45) is 0 Å². The van der Waals surface area contributed by atoms with Crippen LogP contribution in [0.5, 0.6) is 0 Å². The van der Waals surface area contributed by atoms with Crippen LogP contribution in [0.1, 0.15) is 29.8 Å². The lowest BCUT2D eigenvalue weighted by Gasteiger charge is -2.21. The summed E-state index contributed by atoms with van der Waals surface area (Å²) in [6, 6.07) is 0.278. The van der Waals surface area contributed by atoms with Gasteiger partial charge in [-0.15, -0.1) is 0 Å². The van der Waals surface area contributed by atoms with Crippen LogP contribution in [0.25, 0.3) is 0 Å². The molecule has 2 aliphatic heterocycles. The zero-order chi connectivity index (χ0) is 12.3. The maximum Gasteiger partial charge on any atom is 0.106 e. The van der Waals surface area contributed by atoms with Gasteiger partial charge in [-0.1, -0.05) is 23.4 Å². The third-order valence-corrected chi connectivity index (χ3v) is 5.19. The lowest BCUT2D eigenvalue weighted by atomic mass is 10.0. The van der Waals surface area contributed by atoms with Gasteiger partial charge in [0, 0.05) is 23.2 Å². The molecule has 90 valence electrons. The van der Waals surface area contributed by atoms with Crippen LogP contribution in [0.2, 0.25) is 5.02 Å². The molecule has 0 amide bonds. The Hall–Kier alpha value is -0.710. The summed E-state index contributed by atoms with van der Waals surface area (Å²) >= 11 is 8.07. The number of rotatable bonds is 0. The number of nitrogens with one attached hydrogen (secondary N) is 1. The SMILES string of the molecule is CC1=C2Sc3nc(C)c(Cl)c(C)c3C2N(C)N1. The highest BCUT2D eigenvalue weighted by molar-refractivity contribution is 8.03. The van der Waals surface area contributed by atoms with E-state index in [0.717, 1.165) is 21.3 Å². The van der Waals surface area contributed by atoms with Gasteiger partial charge in [0.1, 0.15) is 5.03 Å². The second kappa shape index (κ2) is 3.64. The van der Waals surface area contributed by atoms with Gasteiger partial charge >= 0.3 is 0 Å². The summed E-state index contributed by atoms with van der Waals surface area (Å²) in [4.78, 5) is 5.95. The van der Waals surface area contributed by atoms with E-state index in [1.807, 2.05) is 6.92 Å². The summed E-state index contributed by atoms with van der Waals surface area (Å²) in [7, 11) is 2.06. The van der Waals surface area contributed by atoms with E-state index in [9.17, 15) is 0 Å². The predicted molar refractivity (Wildman–Crippen MR) is 70.9 cm³/mol. The number of likely N-dealkylation sites (N-methyl/N-ethyl adjacent to an activating group) is 1. The van der Waals surface area contributed by atoms with Crippen molar-refractivity contribution in [3.05, 3.63) is 32.4 Å². The van der Waals surface area contributed by atoms with Gasteiger partial charge in [-0.2, -0.15) is 0 Å². The number of aryl methyl sites for hydroxylation is 1. The highest BCUT2D eigenvalue weighted by Gasteiger charge is 2.40. The van der Waals surface area contributed by atoms with Crippen LogP contribution < -0.4 is 5.43 Å². The fourth-order valence-corrected chi connectivity index (χ4v) is 4.03. The largest absolute Gasteiger partial charge is 0.322 e. The normalized spacial score (nSPS) is 22.8. The minimum Gasteiger partial charge on any atom is -0.322 e. The molecule has 3 rings (SSSR count). The van der Waals surface area contributed by atoms with Gasteiger partial charge in [-0.05, 0) is 26.3 Å². The molecule has 0 saturated carbocycles. The fourth-order valence-electron chi connectivity index (χ4n) is 2.54. The third kappa shape index (κ3) is 1.44. The third-order valence-electron chi connectivity index (χ3n) is 3.38. The first-order chi connectivity index (χ1) is 8.00. The van der Waals surface area contributed by atoms with E-state index in [0.29, 0.717) is 0 Å². The minimum absolute atomic E-state index is 0.278. The van der Waals surface area contributed by atoms with E-state index >= 15 is 0 Å². The molecule has 0 fully saturated rings. The number of hydrogen-bond acceptors (Lipinski definition) is 4. The first kappa shape index (κ1) is 11.4. The molecule has 0 radical (unpaired) electrons. The molecule has 1 atom stereocenters. The molecule has 0 saturated heterocycles. The Balaban J connectivity index is 2.24. The van der Waals surface area contributed by atoms with E-state index in [2.05, 4.69) is 36.3 Å². The highest BCUT2D eigenvalue weighted by Crippen LogP contribution is 2.54. The summed E-state index contributed by atoms with van der Waals surface area (Å²) in [5, 5.41) is 4.03. The van der Waals surface area contributed by atoms with Crippen molar-refractivity contribution in [3.63, 3.8) is 0 Å². The number of hydrazine groups is 1. The number of nitrogens with zero attached hydrogens (tertiary/aromatic N) is 2. The van der Waals surface area contributed by atoms with Crippen LogP contribution in [0.15, 0.2) is 15.6 Å². The molecule has 2 aliphatic rings. The van der Waals surface area contributed by atoms with Crippen LogP contribution in [0.4, 0.5) is 0 Å². The first-order valence-electron chi connectivity index (χ1n) is 5.55. The molecule has 1 aromatic heterocycles. The molecule has 3 heterocycles. The molecular formula is C12H14ClN3S. The molecule has 0 spiro atoms. The van der Waals surface area contributed by atoms with Gasteiger partial charge < -0.3 is 5.43 Å². The second-order valence-corrected chi connectivity index (χ2v) is 5.98. The van der Waals surface area contributed by atoms with Gasteiger partial charge in [0.2, 0.25) is 0 Å². The van der Waals surface area contributed by atoms with Gasteiger partial charge in [0.05, 0.1) is 16.8 Å². The van der Waals surface area contributed by atoms with E-state index < -0.39 is 0 Å². The molecule has 5 heteroatoms. The van der Waals surface area contributed by atoms with Crippen molar-refractivity contribution in [2.75, 3.05) is 7.05 Å². The lowest BCUT2D eigenvalue weighted by Crippen LogP contribution is -2.29. The average molecular weight is 268 g/mol. The molecule has 0 aliphatic carbocycles. The van der Waals surface area contributed by atoms with E-state index in [4.69, 9.17) is 11.6 Å². The summed E-state index contributed by atoms with van der Waals surface area (Å²) in [6.45, 7) is 6.16. The maximum atomic E-state index is 6.31. The molecule has 1 aromatic rings. The first-order valence-corrected chi connectivity index (χ1v) is 6.75. The maximum absolute atomic E-state index is 6.31. The van der Waals surface area contributed by atoms with Crippen LogP contribution >= 0.6 is 23.4 Å². The molecule has 0 aromatic carbocycles. The van der Waals surface area contributed by atoms with E-state index in [-0.39, 0.29) is 6.04 Å². The number of allylic oxidation sites excluding steroid dienone is 1. The second-order valence-electron chi connectivity index (χ2n) is 4.57. The fraction of sp³-hybridized carbons (Fsp3) is 0.417. The molecular weight excluding hydrogens is 254 g/mol. The molecule has 1 N–H and O–H groups in total. The van der Waals surface area contributed by atoms with Crippen LogP contribution in [0, 0.1) is 13.8 Å². The number of pyridine rings is 1. The molecule has 17 heavy (non-hydrogen) atoms. The Bertz CT molecular complexity index is 553. The minimum atomic E-state index is 0.278. The predicted octanol–water partition coefficient (Wildman–Crippen LogP) is 3.18. The Morgan fingerprint density at radius 3 is 2.76 bits per heavy atom.